The van der Waals surface area contributed by atoms with E-state index in [9.17, 15) is 0 Å². The molecule has 6 heteroatoms. The van der Waals surface area contributed by atoms with Gasteiger partial charge in [-0.15, -0.1) is 0 Å². The van der Waals surface area contributed by atoms with E-state index in [0.29, 0.717) is 6.61 Å². The maximum absolute atomic E-state index is 6.00. The fraction of sp³-hybridized carbons (Fsp3) is 0.382. The normalized spacial score (nSPS) is 11.2. The Kier molecular flexibility index (Phi) is 10.6. The molecule has 0 N–H and O–H groups in total. The highest BCUT2D eigenvalue weighted by molar-refractivity contribution is 5.82. The number of nitrogens with zero attached hydrogens (tertiary/aromatic N) is 3. The van der Waals surface area contributed by atoms with Gasteiger partial charge in [-0.3, -0.25) is 0 Å². The molecule has 0 fully saturated rings. The van der Waals surface area contributed by atoms with Gasteiger partial charge in [0.2, 0.25) is 0 Å². The van der Waals surface area contributed by atoms with E-state index in [1.165, 1.54) is 19.3 Å². The maximum atomic E-state index is 6.00. The SMILES string of the molecule is CCCCCCn1c(-c2ccc(OCCCN(C)C)cc2)nc(-c2ccc(OC)cc2)c1-c1ccc(OC)cc1. The number of methoxy groups -OCH3 is 2. The van der Waals surface area contributed by atoms with Gasteiger partial charge < -0.3 is 23.7 Å². The van der Waals surface area contributed by atoms with Crippen LogP contribution >= 0.6 is 0 Å². The summed E-state index contributed by atoms with van der Waals surface area (Å²) in [6, 6.07) is 24.8. The number of imidazole rings is 1. The molecule has 0 saturated carbocycles. The van der Waals surface area contributed by atoms with E-state index in [2.05, 4.69) is 79.0 Å². The molecule has 0 unspecified atom stereocenters. The number of ether oxygens (including phenoxy) is 3. The Bertz CT molecular complexity index is 1310. The molecule has 6 nitrogen and oxygen atoms in total. The Hall–Kier alpha value is -3.77. The quantitative estimate of drug-likeness (QED) is 0.144. The molecule has 0 saturated heterocycles. The van der Waals surface area contributed by atoms with Gasteiger partial charge in [0.05, 0.1) is 32.2 Å². The molecule has 212 valence electrons. The van der Waals surface area contributed by atoms with Crippen LogP contribution in [0.25, 0.3) is 33.9 Å². The first kappa shape index (κ1) is 29.2. The molecule has 0 atom stereocenters. The fourth-order valence-corrected chi connectivity index (χ4v) is 4.85. The maximum Gasteiger partial charge on any atom is 0.141 e. The summed E-state index contributed by atoms with van der Waals surface area (Å²) in [5.74, 6) is 3.52. The molecule has 4 rings (SSSR count). The van der Waals surface area contributed by atoms with E-state index >= 15 is 0 Å². The van der Waals surface area contributed by atoms with E-state index in [-0.39, 0.29) is 0 Å². The van der Waals surface area contributed by atoms with Gasteiger partial charge in [-0.2, -0.15) is 0 Å². The van der Waals surface area contributed by atoms with Crippen molar-refractivity contribution >= 4 is 0 Å². The van der Waals surface area contributed by atoms with Crippen molar-refractivity contribution in [3.8, 4) is 51.2 Å². The topological polar surface area (TPSA) is 48.8 Å². The van der Waals surface area contributed by atoms with Crippen molar-refractivity contribution in [1.82, 2.24) is 14.5 Å². The predicted molar refractivity (Wildman–Crippen MR) is 164 cm³/mol. The summed E-state index contributed by atoms with van der Waals surface area (Å²) in [6.45, 7) is 4.85. The van der Waals surface area contributed by atoms with E-state index in [4.69, 9.17) is 19.2 Å². The number of hydrogen-bond acceptors (Lipinski definition) is 5. The summed E-state index contributed by atoms with van der Waals surface area (Å²) in [4.78, 5) is 7.47. The van der Waals surface area contributed by atoms with Crippen molar-refractivity contribution in [3.63, 3.8) is 0 Å². The summed E-state index contributed by atoms with van der Waals surface area (Å²) in [5.41, 5.74) is 5.32. The third-order valence-corrected chi connectivity index (χ3v) is 7.06. The van der Waals surface area contributed by atoms with Crippen molar-refractivity contribution in [2.24, 2.45) is 0 Å². The number of rotatable bonds is 15. The van der Waals surface area contributed by atoms with Crippen molar-refractivity contribution in [2.75, 3.05) is 41.5 Å². The molecule has 0 bridgehead atoms. The van der Waals surface area contributed by atoms with Gasteiger partial charge in [-0.1, -0.05) is 26.2 Å². The summed E-state index contributed by atoms with van der Waals surface area (Å²) < 4.78 is 19.3. The molecular formula is C34H43N3O3. The highest BCUT2D eigenvalue weighted by Gasteiger charge is 2.21. The molecule has 40 heavy (non-hydrogen) atoms. The third kappa shape index (κ3) is 7.45. The Balaban J connectivity index is 1.76. The number of benzene rings is 3. The Morgan fingerprint density at radius 3 is 1.82 bits per heavy atom. The van der Waals surface area contributed by atoms with Gasteiger partial charge >= 0.3 is 0 Å². The van der Waals surface area contributed by atoms with Crippen LogP contribution in [0.5, 0.6) is 17.2 Å². The number of unbranched alkanes of at least 4 members (excludes halogenated alkanes) is 3. The van der Waals surface area contributed by atoms with Crippen LogP contribution in [0, 0.1) is 0 Å². The van der Waals surface area contributed by atoms with Crippen molar-refractivity contribution < 1.29 is 14.2 Å². The van der Waals surface area contributed by atoms with E-state index < -0.39 is 0 Å². The Morgan fingerprint density at radius 1 is 0.675 bits per heavy atom. The Morgan fingerprint density at radius 2 is 1.25 bits per heavy atom. The van der Waals surface area contributed by atoms with E-state index in [0.717, 1.165) is 77.1 Å². The standard InChI is InChI=1S/C34H43N3O3/c1-6-7-8-9-24-37-33(27-13-19-30(39-5)20-14-27)32(26-11-17-29(38-4)18-12-26)35-34(37)28-15-21-31(22-16-28)40-25-10-23-36(2)3/h11-22H,6-10,23-25H2,1-5H3. The second kappa shape index (κ2) is 14.6. The molecule has 1 heterocycles. The molecule has 0 radical (unpaired) electrons. The van der Waals surface area contributed by atoms with E-state index in [1.807, 2.05) is 24.3 Å². The zero-order valence-corrected chi connectivity index (χ0v) is 24.7. The number of aromatic nitrogens is 2. The van der Waals surface area contributed by atoms with Gasteiger partial charge in [0.1, 0.15) is 23.1 Å². The van der Waals surface area contributed by atoms with Gasteiger partial charge in [0, 0.05) is 29.8 Å². The Labute approximate surface area is 239 Å². The van der Waals surface area contributed by atoms with Crippen LogP contribution in [0.2, 0.25) is 0 Å². The van der Waals surface area contributed by atoms with Crippen molar-refractivity contribution in [1.29, 1.82) is 0 Å². The van der Waals surface area contributed by atoms with Gasteiger partial charge in [0.25, 0.3) is 0 Å². The highest BCUT2D eigenvalue weighted by Crippen LogP contribution is 2.38. The highest BCUT2D eigenvalue weighted by atomic mass is 16.5. The average molecular weight is 542 g/mol. The fourth-order valence-electron chi connectivity index (χ4n) is 4.85. The first-order valence-corrected chi connectivity index (χ1v) is 14.3. The van der Waals surface area contributed by atoms with Gasteiger partial charge in [-0.05, 0) is 99.7 Å². The van der Waals surface area contributed by atoms with Crippen LogP contribution in [0.15, 0.2) is 72.8 Å². The minimum absolute atomic E-state index is 0.701. The monoisotopic (exact) mass is 541 g/mol. The molecular weight excluding hydrogens is 498 g/mol. The molecule has 0 aliphatic carbocycles. The van der Waals surface area contributed by atoms with Crippen LogP contribution in [-0.4, -0.2) is 55.9 Å². The van der Waals surface area contributed by atoms with Crippen molar-refractivity contribution in [3.05, 3.63) is 72.8 Å². The lowest BCUT2D eigenvalue weighted by Crippen LogP contribution is -2.15. The largest absolute Gasteiger partial charge is 0.497 e. The smallest absolute Gasteiger partial charge is 0.141 e. The average Bonchev–Trinajstić information content (AvgIpc) is 3.37. The van der Waals surface area contributed by atoms with Crippen LogP contribution in [0.3, 0.4) is 0 Å². The molecule has 0 amide bonds. The summed E-state index contributed by atoms with van der Waals surface area (Å²) in [5, 5.41) is 0. The van der Waals surface area contributed by atoms with Crippen LogP contribution in [-0.2, 0) is 6.54 Å². The molecule has 1 aromatic heterocycles. The zero-order valence-electron chi connectivity index (χ0n) is 24.7. The second-order valence-electron chi connectivity index (χ2n) is 10.3. The summed E-state index contributed by atoms with van der Waals surface area (Å²) >= 11 is 0. The van der Waals surface area contributed by atoms with Gasteiger partial charge in [-0.25, -0.2) is 4.98 Å². The minimum Gasteiger partial charge on any atom is -0.497 e. The van der Waals surface area contributed by atoms with Crippen LogP contribution in [0.1, 0.15) is 39.0 Å². The second-order valence-corrected chi connectivity index (χ2v) is 10.3. The summed E-state index contributed by atoms with van der Waals surface area (Å²) in [6.07, 6.45) is 5.71. The molecule has 0 spiro atoms. The molecule has 0 aliphatic rings. The third-order valence-electron chi connectivity index (χ3n) is 7.06. The van der Waals surface area contributed by atoms with Crippen LogP contribution in [0.4, 0.5) is 0 Å². The first-order chi connectivity index (χ1) is 19.5. The van der Waals surface area contributed by atoms with Gasteiger partial charge in [0.15, 0.2) is 0 Å². The van der Waals surface area contributed by atoms with E-state index in [1.54, 1.807) is 14.2 Å². The van der Waals surface area contributed by atoms with Crippen LogP contribution < -0.4 is 14.2 Å². The lowest BCUT2D eigenvalue weighted by atomic mass is 10.0. The lowest BCUT2D eigenvalue weighted by Gasteiger charge is -2.14. The molecule has 3 aromatic carbocycles. The molecule has 4 aromatic rings. The summed E-state index contributed by atoms with van der Waals surface area (Å²) in [7, 11) is 7.55. The van der Waals surface area contributed by atoms with Crippen molar-refractivity contribution in [2.45, 2.75) is 45.6 Å². The molecule has 0 aliphatic heterocycles. The zero-order chi connectivity index (χ0) is 28.3. The number of hydrogen-bond donors (Lipinski definition) is 0. The minimum atomic E-state index is 0.701. The predicted octanol–water partition coefficient (Wildman–Crippen LogP) is 7.81. The first-order valence-electron chi connectivity index (χ1n) is 14.3. The lowest BCUT2D eigenvalue weighted by molar-refractivity contribution is 0.281.